The molecule has 0 bridgehead atoms. The highest BCUT2D eigenvalue weighted by atomic mass is 16.1. The first kappa shape index (κ1) is 6.40. The van der Waals surface area contributed by atoms with Gasteiger partial charge in [-0.3, -0.25) is 19.8 Å². The lowest BCUT2D eigenvalue weighted by Crippen LogP contribution is -2.25. The van der Waals surface area contributed by atoms with Gasteiger partial charge >= 0.3 is 0 Å². The van der Waals surface area contributed by atoms with E-state index in [0.717, 1.165) is 0 Å². The molecule has 0 aliphatic heterocycles. The van der Waals surface area contributed by atoms with E-state index in [4.69, 9.17) is 11.5 Å². The summed E-state index contributed by atoms with van der Waals surface area (Å²) in [6, 6.07) is 0. The summed E-state index contributed by atoms with van der Waals surface area (Å²) in [4.78, 5) is 21.1. The minimum Gasteiger partial charge on any atom is -0.392 e. The highest BCUT2D eigenvalue weighted by Crippen LogP contribution is 1.95. The first-order chi connectivity index (χ1) is 4.63. The van der Waals surface area contributed by atoms with Gasteiger partial charge in [0.05, 0.1) is 0 Å². The van der Waals surface area contributed by atoms with Crippen molar-refractivity contribution in [3.8, 4) is 0 Å². The van der Waals surface area contributed by atoms with Crippen molar-refractivity contribution >= 4 is 11.4 Å². The van der Waals surface area contributed by atoms with Crippen LogP contribution in [0, 0.1) is 0 Å². The van der Waals surface area contributed by atoms with Gasteiger partial charge in [0.2, 0.25) is 0 Å². The van der Waals surface area contributed by atoms with Crippen molar-refractivity contribution in [1.29, 1.82) is 0 Å². The predicted octanol–water partition coefficient (Wildman–Crippen LogP) is -1.77. The number of hydrogen-bond acceptors (Lipinski definition) is 4. The van der Waals surface area contributed by atoms with Crippen LogP contribution in [0.15, 0.2) is 9.59 Å². The number of rotatable bonds is 0. The summed E-state index contributed by atoms with van der Waals surface area (Å²) < 4.78 is 0. The summed E-state index contributed by atoms with van der Waals surface area (Å²) in [5.41, 5.74) is 8.52. The number of aromatic amines is 2. The summed E-state index contributed by atoms with van der Waals surface area (Å²) in [5, 5.41) is 4.02. The van der Waals surface area contributed by atoms with Crippen molar-refractivity contribution in [2.45, 2.75) is 0 Å². The van der Waals surface area contributed by atoms with Crippen LogP contribution in [0.25, 0.3) is 0 Å². The van der Waals surface area contributed by atoms with E-state index in [1.807, 2.05) is 10.2 Å². The van der Waals surface area contributed by atoms with Crippen molar-refractivity contribution in [2.75, 3.05) is 11.5 Å². The van der Waals surface area contributed by atoms with Gasteiger partial charge in [-0.1, -0.05) is 0 Å². The smallest absolute Gasteiger partial charge is 0.287 e. The molecule has 10 heavy (non-hydrogen) atoms. The highest BCUT2D eigenvalue weighted by Gasteiger charge is 2.01. The van der Waals surface area contributed by atoms with Crippen LogP contribution in [0.4, 0.5) is 11.4 Å². The van der Waals surface area contributed by atoms with Crippen LogP contribution in [0.1, 0.15) is 0 Å². The molecule has 0 aliphatic carbocycles. The highest BCUT2D eigenvalue weighted by molar-refractivity contribution is 5.59. The molecule has 6 heteroatoms. The van der Waals surface area contributed by atoms with Crippen LogP contribution >= 0.6 is 0 Å². The Labute approximate surface area is 54.8 Å². The Bertz CT molecular complexity index is 314. The SMILES string of the molecule is Nc1c(N)c(=O)[nH][nH]c1=O. The standard InChI is InChI=1S/C4H6N4O2/c5-1-2(6)4(10)8-7-3(1)9/h(H3,5,8,10)(H3,6,7,9). The molecule has 1 aromatic heterocycles. The molecule has 0 unspecified atom stereocenters. The fourth-order valence-electron chi connectivity index (χ4n) is 0.493. The lowest BCUT2D eigenvalue weighted by atomic mass is 10.4. The van der Waals surface area contributed by atoms with E-state index >= 15 is 0 Å². The van der Waals surface area contributed by atoms with Crippen molar-refractivity contribution in [1.82, 2.24) is 10.2 Å². The molecule has 0 amide bonds. The summed E-state index contributed by atoms with van der Waals surface area (Å²) in [5.74, 6) is 0. The van der Waals surface area contributed by atoms with Gasteiger partial charge in [0.25, 0.3) is 11.1 Å². The van der Waals surface area contributed by atoms with Crippen LogP contribution in [0.3, 0.4) is 0 Å². The molecule has 6 nitrogen and oxygen atoms in total. The average Bonchev–Trinajstić information content (AvgIpc) is 1.93. The largest absolute Gasteiger partial charge is 0.392 e. The van der Waals surface area contributed by atoms with Crippen LogP contribution in [-0.2, 0) is 0 Å². The van der Waals surface area contributed by atoms with Crippen molar-refractivity contribution in [3.05, 3.63) is 20.7 Å². The molecule has 6 N–H and O–H groups in total. The fourth-order valence-corrected chi connectivity index (χ4v) is 0.493. The maximum atomic E-state index is 10.6. The van der Waals surface area contributed by atoms with E-state index in [0.29, 0.717) is 0 Å². The Kier molecular flexibility index (Phi) is 1.22. The molecule has 1 heterocycles. The zero-order valence-electron chi connectivity index (χ0n) is 4.97. The number of H-pyrrole nitrogens is 2. The molecule has 0 spiro atoms. The maximum absolute atomic E-state index is 10.6. The van der Waals surface area contributed by atoms with E-state index in [1.54, 1.807) is 0 Å². The molecule has 54 valence electrons. The van der Waals surface area contributed by atoms with E-state index in [2.05, 4.69) is 0 Å². The predicted molar refractivity (Wildman–Crippen MR) is 36.5 cm³/mol. The summed E-state index contributed by atoms with van der Waals surface area (Å²) in [6.07, 6.45) is 0. The number of nitrogen functional groups attached to an aromatic ring is 2. The molecule has 0 aromatic carbocycles. The summed E-state index contributed by atoms with van der Waals surface area (Å²) >= 11 is 0. The summed E-state index contributed by atoms with van der Waals surface area (Å²) in [6.45, 7) is 0. The molecular weight excluding hydrogens is 136 g/mol. The van der Waals surface area contributed by atoms with Crippen molar-refractivity contribution in [3.63, 3.8) is 0 Å². The third kappa shape index (κ3) is 0.750. The third-order valence-electron chi connectivity index (χ3n) is 1.07. The van der Waals surface area contributed by atoms with Gasteiger partial charge in [-0.05, 0) is 0 Å². The molecule has 1 rings (SSSR count). The first-order valence-electron chi connectivity index (χ1n) is 2.49. The Morgan fingerprint density at radius 3 is 1.50 bits per heavy atom. The van der Waals surface area contributed by atoms with Gasteiger partial charge in [0.1, 0.15) is 11.4 Å². The Balaban J connectivity index is 3.65. The number of anilines is 2. The Hall–Kier alpha value is -1.72. The molecule has 1 aromatic rings. The number of hydrogen-bond donors (Lipinski definition) is 4. The zero-order chi connectivity index (χ0) is 7.72. The van der Waals surface area contributed by atoms with E-state index in [-0.39, 0.29) is 11.4 Å². The van der Waals surface area contributed by atoms with Crippen LogP contribution in [0.2, 0.25) is 0 Å². The third-order valence-corrected chi connectivity index (χ3v) is 1.07. The summed E-state index contributed by atoms with van der Waals surface area (Å²) in [7, 11) is 0. The van der Waals surface area contributed by atoms with Crippen molar-refractivity contribution in [2.24, 2.45) is 0 Å². The van der Waals surface area contributed by atoms with Crippen LogP contribution in [0.5, 0.6) is 0 Å². The number of nitrogens with two attached hydrogens (primary N) is 2. The second-order valence-corrected chi connectivity index (χ2v) is 1.74. The Morgan fingerprint density at radius 1 is 0.900 bits per heavy atom. The van der Waals surface area contributed by atoms with Gasteiger partial charge in [-0.25, -0.2) is 0 Å². The Morgan fingerprint density at radius 2 is 1.20 bits per heavy atom. The molecule has 0 radical (unpaired) electrons. The lowest BCUT2D eigenvalue weighted by Gasteiger charge is -1.93. The second kappa shape index (κ2) is 1.90. The van der Waals surface area contributed by atoms with E-state index in [1.165, 1.54) is 0 Å². The molecular formula is C4H6N4O2. The minimum absolute atomic E-state index is 0.247. The normalized spacial score (nSPS) is 9.60. The topological polar surface area (TPSA) is 118 Å². The second-order valence-electron chi connectivity index (χ2n) is 1.74. The molecule has 0 aliphatic rings. The quantitative estimate of drug-likeness (QED) is 0.342. The number of nitrogens with one attached hydrogen (secondary N) is 2. The molecule has 0 fully saturated rings. The van der Waals surface area contributed by atoms with Gasteiger partial charge < -0.3 is 11.5 Å². The minimum atomic E-state index is -0.586. The lowest BCUT2D eigenvalue weighted by molar-refractivity contribution is 0.961. The van der Waals surface area contributed by atoms with Gasteiger partial charge in [-0.2, -0.15) is 0 Å². The van der Waals surface area contributed by atoms with Crippen LogP contribution < -0.4 is 22.6 Å². The zero-order valence-corrected chi connectivity index (χ0v) is 4.97. The molecule has 0 saturated carbocycles. The maximum Gasteiger partial charge on any atom is 0.287 e. The van der Waals surface area contributed by atoms with Gasteiger partial charge in [0, 0.05) is 0 Å². The van der Waals surface area contributed by atoms with Gasteiger partial charge in [0.15, 0.2) is 0 Å². The van der Waals surface area contributed by atoms with E-state index < -0.39 is 11.1 Å². The van der Waals surface area contributed by atoms with Crippen LogP contribution in [-0.4, -0.2) is 10.2 Å². The van der Waals surface area contributed by atoms with E-state index in [9.17, 15) is 9.59 Å². The molecule has 0 saturated heterocycles. The van der Waals surface area contributed by atoms with Crippen molar-refractivity contribution < 1.29 is 0 Å². The number of aromatic nitrogens is 2. The molecule has 0 atom stereocenters. The average molecular weight is 142 g/mol. The first-order valence-corrected chi connectivity index (χ1v) is 2.49. The monoisotopic (exact) mass is 142 g/mol. The van der Waals surface area contributed by atoms with Gasteiger partial charge in [-0.15, -0.1) is 0 Å². The fraction of sp³-hybridized carbons (Fsp3) is 0.